The van der Waals surface area contributed by atoms with E-state index in [0.29, 0.717) is 23.2 Å². The van der Waals surface area contributed by atoms with Gasteiger partial charge in [0.25, 0.3) is 5.91 Å². The molecule has 0 spiro atoms. The molecule has 2 aliphatic heterocycles. The van der Waals surface area contributed by atoms with Crippen LogP contribution < -0.4 is 11.1 Å². The van der Waals surface area contributed by atoms with Gasteiger partial charge < -0.3 is 16.0 Å². The Morgan fingerprint density at radius 2 is 2.19 bits per heavy atom. The SMILES string of the molecule is Nc1[nH]ncc1C(=O)N1CC2CCC1C(NC(=O)C13CCCCC1C3)C2. The van der Waals surface area contributed by atoms with E-state index < -0.39 is 0 Å². The Bertz CT molecular complexity index is 746. The topological polar surface area (TPSA) is 104 Å². The summed E-state index contributed by atoms with van der Waals surface area (Å²) in [6.07, 6.45) is 10.3. The van der Waals surface area contributed by atoms with Gasteiger partial charge in [-0.25, -0.2) is 0 Å². The maximum absolute atomic E-state index is 13.0. The van der Waals surface area contributed by atoms with Crippen molar-refractivity contribution in [3.8, 4) is 0 Å². The van der Waals surface area contributed by atoms with E-state index in [1.165, 1.54) is 25.5 Å². The third kappa shape index (κ3) is 2.36. The Kier molecular flexibility index (Phi) is 3.56. The van der Waals surface area contributed by atoms with E-state index in [9.17, 15) is 9.59 Å². The summed E-state index contributed by atoms with van der Waals surface area (Å²) in [7, 11) is 0. The first-order valence-electron chi connectivity index (χ1n) is 9.99. The highest BCUT2D eigenvalue weighted by atomic mass is 16.2. The van der Waals surface area contributed by atoms with E-state index in [1.807, 2.05) is 4.90 Å². The number of H-pyrrole nitrogens is 1. The van der Waals surface area contributed by atoms with E-state index in [-0.39, 0.29) is 29.3 Å². The van der Waals surface area contributed by atoms with Crippen LogP contribution in [0.2, 0.25) is 0 Å². The van der Waals surface area contributed by atoms with Gasteiger partial charge in [-0.3, -0.25) is 14.7 Å². The largest absolute Gasteiger partial charge is 0.383 e. The fourth-order valence-corrected chi connectivity index (χ4v) is 5.80. The average Bonchev–Trinajstić information content (AvgIpc) is 3.28. The number of carbonyl (C=O) groups is 2. The number of hydrogen-bond acceptors (Lipinski definition) is 4. The number of carbonyl (C=O) groups excluding carboxylic acids is 2. The number of hydrogen-bond donors (Lipinski definition) is 3. The van der Waals surface area contributed by atoms with Gasteiger partial charge in [-0.05, 0) is 50.4 Å². The molecule has 3 saturated carbocycles. The Hall–Kier alpha value is -2.05. The minimum atomic E-state index is -0.0846. The number of anilines is 1. The maximum Gasteiger partial charge on any atom is 0.259 e. The van der Waals surface area contributed by atoms with Crippen LogP contribution >= 0.6 is 0 Å². The number of nitrogens with two attached hydrogens (primary N) is 1. The van der Waals surface area contributed by atoms with Crippen LogP contribution in [0.25, 0.3) is 0 Å². The molecule has 3 heterocycles. The van der Waals surface area contributed by atoms with Gasteiger partial charge in [0.2, 0.25) is 5.91 Å². The lowest BCUT2D eigenvalue weighted by atomic mass is 9.75. The number of amides is 2. The van der Waals surface area contributed by atoms with Gasteiger partial charge in [-0.2, -0.15) is 5.10 Å². The Morgan fingerprint density at radius 1 is 1.31 bits per heavy atom. The van der Waals surface area contributed by atoms with Crippen LogP contribution in [0.5, 0.6) is 0 Å². The summed E-state index contributed by atoms with van der Waals surface area (Å²) in [5, 5.41) is 9.88. The van der Waals surface area contributed by atoms with Gasteiger partial charge in [-0.15, -0.1) is 0 Å². The highest BCUT2D eigenvalue weighted by Crippen LogP contribution is 2.61. The molecule has 1 aromatic heterocycles. The second-order valence-corrected chi connectivity index (χ2v) is 8.78. The van der Waals surface area contributed by atoms with Crippen molar-refractivity contribution < 1.29 is 9.59 Å². The van der Waals surface area contributed by atoms with Crippen molar-refractivity contribution in [2.24, 2.45) is 17.3 Å². The van der Waals surface area contributed by atoms with E-state index in [4.69, 9.17) is 5.73 Å². The van der Waals surface area contributed by atoms with Gasteiger partial charge >= 0.3 is 0 Å². The first-order valence-corrected chi connectivity index (χ1v) is 9.99. The van der Waals surface area contributed by atoms with Crippen molar-refractivity contribution in [3.63, 3.8) is 0 Å². The molecule has 3 aliphatic carbocycles. The molecule has 1 aromatic rings. The van der Waals surface area contributed by atoms with Crippen LogP contribution in [0, 0.1) is 17.3 Å². The van der Waals surface area contributed by atoms with Gasteiger partial charge in [0.05, 0.1) is 17.7 Å². The number of rotatable bonds is 3. The molecular weight excluding hydrogens is 330 g/mol. The zero-order chi connectivity index (χ0) is 17.9. The molecule has 0 aromatic carbocycles. The average molecular weight is 357 g/mol. The summed E-state index contributed by atoms with van der Waals surface area (Å²) in [5.41, 5.74) is 6.20. The quantitative estimate of drug-likeness (QED) is 0.765. The molecule has 5 aliphatic rings. The van der Waals surface area contributed by atoms with Crippen LogP contribution in [0.15, 0.2) is 6.20 Å². The van der Waals surface area contributed by atoms with Crippen molar-refractivity contribution in [2.45, 2.75) is 63.5 Å². The number of nitrogens with one attached hydrogen (secondary N) is 2. The molecule has 5 fully saturated rings. The van der Waals surface area contributed by atoms with E-state index in [0.717, 1.165) is 38.6 Å². The molecule has 0 radical (unpaired) electrons. The van der Waals surface area contributed by atoms with Gasteiger partial charge in [0.1, 0.15) is 11.4 Å². The molecule has 5 unspecified atom stereocenters. The smallest absolute Gasteiger partial charge is 0.259 e. The minimum Gasteiger partial charge on any atom is -0.383 e. The molecule has 2 amide bonds. The molecule has 7 heteroatoms. The first kappa shape index (κ1) is 16.1. The Morgan fingerprint density at radius 3 is 2.92 bits per heavy atom. The van der Waals surface area contributed by atoms with Crippen LogP contribution in [-0.2, 0) is 4.79 Å². The second-order valence-electron chi connectivity index (χ2n) is 8.78. The second kappa shape index (κ2) is 5.72. The molecule has 140 valence electrons. The van der Waals surface area contributed by atoms with E-state index in [1.54, 1.807) is 0 Å². The zero-order valence-corrected chi connectivity index (χ0v) is 15.0. The van der Waals surface area contributed by atoms with Crippen molar-refractivity contribution >= 4 is 17.6 Å². The lowest BCUT2D eigenvalue weighted by Gasteiger charge is -2.50. The number of fused-ring (bicyclic) bond motifs is 4. The number of piperidine rings is 2. The molecule has 4 N–H and O–H groups in total. The molecular formula is C19H27N5O2. The normalized spacial score (nSPS) is 37.9. The van der Waals surface area contributed by atoms with Crippen LogP contribution in [0.3, 0.4) is 0 Å². The number of nitrogen functional groups attached to an aromatic ring is 1. The third-order valence-corrected chi connectivity index (χ3v) is 7.36. The molecule has 6 rings (SSSR count). The summed E-state index contributed by atoms with van der Waals surface area (Å²) in [6.45, 7) is 0.758. The van der Waals surface area contributed by atoms with Gasteiger partial charge in [0.15, 0.2) is 0 Å². The number of nitrogens with zero attached hydrogens (tertiary/aromatic N) is 2. The number of aromatic nitrogens is 2. The lowest BCUT2D eigenvalue weighted by molar-refractivity contribution is -0.130. The zero-order valence-electron chi connectivity index (χ0n) is 15.0. The molecule has 2 saturated heterocycles. The first-order chi connectivity index (χ1) is 12.6. The van der Waals surface area contributed by atoms with Crippen molar-refractivity contribution in [1.82, 2.24) is 20.4 Å². The molecule has 5 atom stereocenters. The summed E-state index contributed by atoms with van der Waals surface area (Å²) in [4.78, 5) is 27.9. The predicted octanol–water partition coefficient (Wildman–Crippen LogP) is 1.68. The monoisotopic (exact) mass is 357 g/mol. The fourth-order valence-electron chi connectivity index (χ4n) is 5.80. The fraction of sp³-hybridized carbons (Fsp3) is 0.737. The molecule has 26 heavy (non-hydrogen) atoms. The van der Waals surface area contributed by atoms with Crippen molar-refractivity contribution in [1.29, 1.82) is 0 Å². The Balaban J connectivity index is 1.32. The van der Waals surface area contributed by atoms with Crippen LogP contribution in [-0.4, -0.2) is 45.5 Å². The standard InChI is InChI=1S/C19H27N5O2/c20-16-13(9-21-23-16)17(25)24-10-11-4-5-15(24)14(7-11)22-18(26)19-6-2-1-3-12(19)8-19/h9,11-12,14-15H,1-8,10H2,(H,22,26)(H3,20,21,23). The van der Waals surface area contributed by atoms with Crippen LogP contribution in [0.4, 0.5) is 5.82 Å². The summed E-state index contributed by atoms with van der Waals surface area (Å²) < 4.78 is 0. The molecule has 7 nitrogen and oxygen atoms in total. The van der Waals surface area contributed by atoms with Crippen LogP contribution in [0.1, 0.15) is 61.7 Å². The minimum absolute atomic E-state index is 0.0648. The van der Waals surface area contributed by atoms with Gasteiger partial charge in [0, 0.05) is 12.6 Å². The summed E-state index contributed by atoms with van der Waals surface area (Å²) in [5.74, 6) is 1.56. The van der Waals surface area contributed by atoms with E-state index in [2.05, 4.69) is 15.5 Å². The third-order valence-electron chi connectivity index (χ3n) is 7.36. The molecule has 2 bridgehead atoms. The van der Waals surface area contributed by atoms with E-state index >= 15 is 0 Å². The number of aromatic amines is 1. The van der Waals surface area contributed by atoms with Gasteiger partial charge in [-0.1, -0.05) is 12.8 Å². The Labute approximate surface area is 153 Å². The highest BCUT2D eigenvalue weighted by Gasteiger charge is 2.60. The maximum atomic E-state index is 13.0. The lowest BCUT2D eigenvalue weighted by Crippen LogP contribution is -2.63. The summed E-state index contributed by atoms with van der Waals surface area (Å²) in [6, 6.07) is 0.146. The predicted molar refractivity (Wildman–Crippen MR) is 96.1 cm³/mol. The van der Waals surface area contributed by atoms with Crippen molar-refractivity contribution in [2.75, 3.05) is 12.3 Å². The highest BCUT2D eigenvalue weighted by molar-refractivity contribution is 5.98. The summed E-state index contributed by atoms with van der Waals surface area (Å²) >= 11 is 0. The van der Waals surface area contributed by atoms with Crippen molar-refractivity contribution in [3.05, 3.63) is 11.8 Å².